The molecule has 3 N–H and O–H groups in total. The maximum atomic E-state index is 14.1. The van der Waals surface area contributed by atoms with E-state index in [4.69, 9.17) is 10.8 Å². The molecule has 3 rings (SSSR count). The molecule has 2 aromatic rings. The number of rotatable bonds is 2. The number of hydrogen-bond acceptors (Lipinski definition) is 4. The molecule has 9 heteroatoms. The number of halogens is 3. The number of benzene rings is 1. The van der Waals surface area contributed by atoms with Gasteiger partial charge in [-0.1, -0.05) is 0 Å². The summed E-state index contributed by atoms with van der Waals surface area (Å²) in [6, 6.07) is -0.266. The van der Waals surface area contributed by atoms with E-state index in [0.717, 1.165) is 10.8 Å². The van der Waals surface area contributed by atoms with Crippen LogP contribution in [0, 0.1) is 17.5 Å². The van der Waals surface area contributed by atoms with Crippen molar-refractivity contribution in [1.82, 2.24) is 4.57 Å². The highest BCUT2D eigenvalue weighted by Crippen LogP contribution is 2.40. The van der Waals surface area contributed by atoms with Crippen molar-refractivity contribution in [2.45, 2.75) is 18.9 Å². The molecule has 0 amide bonds. The molecule has 1 aromatic carbocycles. The third-order valence-electron chi connectivity index (χ3n) is 3.44. The van der Waals surface area contributed by atoms with Crippen molar-refractivity contribution in [3.8, 4) is 5.75 Å². The summed E-state index contributed by atoms with van der Waals surface area (Å²) in [5, 5.41) is 7.98. The molecule has 0 radical (unpaired) electrons. The van der Waals surface area contributed by atoms with Crippen molar-refractivity contribution in [2.24, 2.45) is 0 Å². The summed E-state index contributed by atoms with van der Waals surface area (Å²) >= 11 is 0. The molecule has 6 nitrogen and oxygen atoms in total. The molecule has 0 saturated heterocycles. The topological polar surface area (TPSA) is 94.6 Å². The Morgan fingerprint density at radius 2 is 1.91 bits per heavy atom. The zero-order valence-corrected chi connectivity index (χ0v) is 10.9. The van der Waals surface area contributed by atoms with Crippen molar-refractivity contribution in [3.05, 3.63) is 33.9 Å². The maximum absolute atomic E-state index is 14.1. The van der Waals surface area contributed by atoms with Gasteiger partial charge in [0.15, 0.2) is 23.2 Å². The van der Waals surface area contributed by atoms with Gasteiger partial charge in [0.05, 0.1) is 22.8 Å². The van der Waals surface area contributed by atoms with Crippen molar-refractivity contribution < 1.29 is 27.8 Å². The SMILES string of the molecule is Nc1c(F)c(F)c(F)c2c1c(=O)c(OC(=O)O)cn2C1CC1. The van der Waals surface area contributed by atoms with Gasteiger partial charge in [0.2, 0.25) is 5.43 Å². The average molecular weight is 314 g/mol. The fourth-order valence-electron chi connectivity index (χ4n) is 2.32. The number of nitrogens with two attached hydrogens (primary N) is 1. The summed E-state index contributed by atoms with van der Waals surface area (Å²) in [5.41, 5.74) is 2.88. The van der Waals surface area contributed by atoms with Crippen LogP contribution in [0.15, 0.2) is 11.0 Å². The van der Waals surface area contributed by atoms with Crippen LogP contribution in [0.1, 0.15) is 18.9 Å². The van der Waals surface area contributed by atoms with Crippen LogP contribution < -0.4 is 15.9 Å². The van der Waals surface area contributed by atoms with Crippen LogP contribution in [0.4, 0.5) is 23.7 Å². The number of hydrogen-bond donors (Lipinski definition) is 2. The number of fused-ring (bicyclic) bond motifs is 1. The van der Waals surface area contributed by atoms with E-state index < -0.39 is 51.4 Å². The molecule has 0 aliphatic heterocycles. The van der Waals surface area contributed by atoms with Crippen LogP contribution in [0.25, 0.3) is 10.9 Å². The molecule has 0 bridgehead atoms. The van der Waals surface area contributed by atoms with Crippen LogP contribution in [0.3, 0.4) is 0 Å². The molecule has 1 fully saturated rings. The Hall–Kier alpha value is -2.71. The van der Waals surface area contributed by atoms with Crippen LogP contribution in [-0.4, -0.2) is 15.8 Å². The molecule has 22 heavy (non-hydrogen) atoms. The summed E-state index contributed by atoms with van der Waals surface area (Å²) in [7, 11) is 0. The number of carbonyl (C=O) groups is 1. The number of anilines is 1. The molecule has 1 heterocycles. The lowest BCUT2D eigenvalue weighted by molar-refractivity contribution is 0.143. The van der Waals surface area contributed by atoms with Gasteiger partial charge < -0.3 is 20.1 Å². The highest BCUT2D eigenvalue weighted by Gasteiger charge is 2.31. The number of pyridine rings is 1. The Kier molecular flexibility index (Phi) is 3.01. The molecule has 0 unspecified atom stereocenters. The molecule has 1 aromatic heterocycles. The fraction of sp³-hybridized carbons (Fsp3) is 0.231. The van der Waals surface area contributed by atoms with Gasteiger partial charge in [-0.2, -0.15) is 0 Å². The minimum absolute atomic E-state index is 0.266. The minimum Gasteiger partial charge on any atom is -0.449 e. The van der Waals surface area contributed by atoms with E-state index >= 15 is 0 Å². The van der Waals surface area contributed by atoms with Crippen molar-refractivity contribution in [2.75, 3.05) is 5.73 Å². The minimum atomic E-state index is -1.79. The molecule has 0 atom stereocenters. The molecule has 1 aliphatic rings. The van der Waals surface area contributed by atoms with Gasteiger partial charge in [0.25, 0.3) is 0 Å². The third-order valence-corrected chi connectivity index (χ3v) is 3.44. The van der Waals surface area contributed by atoms with Crippen LogP contribution in [0.5, 0.6) is 5.75 Å². The average Bonchev–Trinajstić information content (AvgIpc) is 3.28. The lowest BCUT2D eigenvalue weighted by Gasteiger charge is -2.15. The standard InChI is InChI=1S/C13H9F3N2O4/c14-7-8(15)10(17)6-11(9(7)16)18(4-1-2-4)3-5(12(6)19)22-13(20)21/h3-4H,1-2,17H2,(H,20,21). The van der Waals surface area contributed by atoms with Gasteiger partial charge in [0, 0.05) is 6.04 Å². The van der Waals surface area contributed by atoms with Gasteiger partial charge in [-0.05, 0) is 12.8 Å². The molecule has 1 saturated carbocycles. The Bertz CT molecular complexity index is 874. The number of carboxylic acid groups (broad SMARTS) is 1. The Morgan fingerprint density at radius 1 is 1.27 bits per heavy atom. The van der Waals surface area contributed by atoms with Crippen LogP contribution in [-0.2, 0) is 0 Å². The van der Waals surface area contributed by atoms with E-state index in [2.05, 4.69) is 4.74 Å². The Labute approximate surface area is 120 Å². The lowest BCUT2D eigenvalue weighted by Crippen LogP contribution is -2.19. The van der Waals surface area contributed by atoms with Gasteiger partial charge in [-0.3, -0.25) is 4.79 Å². The number of aromatic nitrogens is 1. The van der Waals surface area contributed by atoms with Crippen molar-refractivity contribution in [3.63, 3.8) is 0 Å². The molecule has 0 spiro atoms. The smallest absolute Gasteiger partial charge is 0.449 e. The molecule has 1 aliphatic carbocycles. The highest BCUT2D eigenvalue weighted by atomic mass is 19.2. The molecular weight excluding hydrogens is 305 g/mol. The first-order valence-corrected chi connectivity index (χ1v) is 6.24. The van der Waals surface area contributed by atoms with Gasteiger partial charge in [0.1, 0.15) is 0 Å². The third kappa shape index (κ3) is 1.97. The monoisotopic (exact) mass is 314 g/mol. The summed E-state index contributed by atoms with van der Waals surface area (Å²) in [4.78, 5) is 22.8. The zero-order chi connectivity index (χ0) is 16.2. The van der Waals surface area contributed by atoms with E-state index in [0.29, 0.717) is 12.8 Å². The normalized spacial score (nSPS) is 14.3. The fourth-order valence-corrected chi connectivity index (χ4v) is 2.32. The first-order chi connectivity index (χ1) is 10.3. The van der Waals surface area contributed by atoms with Gasteiger partial charge >= 0.3 is 6.16 Å². The first-order valence-electron chi connectivity index (χ1n) is 6.24. The quantitative estimate of drug-likeness (QED) is 0.504. The summed E-state index contributed by atoms with van der Waals surface area (Å²) in [6.07, 6.45) is 0.433. The van der Waals surface area contributed by atoms with Gasteiger partial charge in [-0.25, -0.2) is 18.0 Å². The van der Waals surface area contributed by atoms with Crippen LogP contribution in [0.2, 0.25) is 0 Å². The predicted molar refractivity (Wildman–Crippen MR) is 69.4 cm³/mol. The second kappa shape index (κ2) is 4.65. The van der Waals surface area contributed by atoms with E-state index in [1.54, 1.807) is 0 Å². The lowest BCUT2D eigenvalue weighted by atomic mass is 10.1. The molecule has 116 valence electrons. The second-order valence-electron chi connectivity index (χ2n) is 4.91. The largest absolute Gasteiger partial charge is 0.511 e. The van der Waals surface area contributed by atoms with E-state index in [-0.39, 0.29) is 6.04 Å². The zero-order valence-electron chi connectivity index (χ0n) is 10.9. The van der Waals surface area contributed by atoms with E-state index in [9.17, 15) is 22.8 Å². The maximum Gasteiger partial charge on any atom is 0.511 e. The van der Waals surface area contributed by atoms with Gasteiger partial charge in [-0.15, -0.1) is 0 Å². The summed E-state index contributed by atoms with van der Waals surface area (Å²) in [5.74, 6) is -5.68. The Balaban J connectivity index is 2.48. The Morgan fingerprint density at radius 3 is 2.45 bits per heavy atom. The predicted octanol–water partition coefficient (Wildman–Crippen LogP) is 2.39. The first kappa shape index (κ1) is 14.2. The summed E-state index contributed by atoms with van der Waals surface area (Å²) < 4.78 is 46.7. The highest BCUT2D eigenvalue weighted by molar-refractivity contribution is 5.92. The number of nitrogens with zero attached hydrogens (tertiary/aromatic N) is 1. The van der Waals surface area contributed by atoms with Crippen molar-refractivity contribution >= 4 is 22.7 Å². The van der Waals surface area contributed by atoms with E-state index in [1.165, 1.54) is 0 Å². The molecular formula is C13H9F3N2O4. The van der Waals surface area contributed by atoms with E-state index in [1.807, 2.05) is 0 Å². The van der Waals surface area contributed by atoms with Crippen molar-refractivity contribution in [1.29, 1.82) is 0 Å². The number of ether oxygens (including phenoxy) is 1. The summed E-state index contributed by atoms with van der Waals surface area (Å²) in [6.45, 7) is 0. The van der Waals surface area contributed by atoms with Crippen LogP contribution >= 0.6 is 0 Å². The second-order valence-corrected chi connectivity index (χ2v) is 4.91. The number of nitrogen functional groups attached to an aromatic ring is 1.